The van der Waals surface area contributed by atoms with Gasteiger partial charge in [0.15, 0.2) is 0 Å². The fraction of sp³-hybridized carbons (Fsp3) is 0.769. The Bertz CT molecular complexity index is 967. The number of likely N-dealkylation sites (tertiary alicyclic amines) is 2. The summed E-state index contributed by atoms with van der Waals surface area (Å²) in [6.45, 7) is 17.4. The van der Waals surface area contributed by atoms with Crippen molar-refractivity contribution in [1.29, 1.82) is 0 Å². The van der Waals surface area contributed by atoms with Gasteiger partial charge >= 0.3 is 0 Å². The second kappa shape index (κ2) is 9.03. The zero-order valence-electron chi connectivity index (χ0n) is 22.5. The summed E-state index contributed by atoms with van der Waals surface area (Å²) < 4.78 is 50.4. The molecule has 194 valence electrons. The van der Waals surface area contributed by atoms with Crippen LogP contribution in [0, 0.1) is 0 Å². The van der Waals surface area contributed by atoms with Crippen LogP contribution in [-0.2, 0) is 22.2 Å². The Morgan fingerprint density at radius 1 is 0.706 bits per heavy atom. The average molecular weight is 511 g/mol. The van der Waals surface area contributed by atoms with Gasteiger partial charge in [0.2, 0.25) is 0 Å². The first-order valence-electron chi connectivity index (χ1n) is 12.1. The molecule has 2 heterocycles. The summed E-state index contributed by atoms with van der Waals surface area (Å²) in [5, 5.41) is 0. The monoisotopic (exact) mass is 510 g/mol. The molecule has 3 rings (SSSR count). The lowest BCUT2D eigenvalue weighted by atomic mass is 9.69. The van der Waals surface area contributed by atoms with Gasteiger partial charge in [-0.05, 0) is 146 Å². The van der Waals surface area contributed by atoms with Gasteiger partial charge < -0.3 is 9.11 Å². The van der Waals surface area contributed by atoms with E-state index in [1.807, 2.05) is 0 Å². The van der Waals surface area contributed by atoms with Crippen molar-refractivity contribution < 1.29 is 17.5 Å². The maximum absolute atomic E-state index is 12.9. The molecule has 0 aromatic heterocycles. The molecule has 6 nitrogen and oxygen atoms in total. The fourth-order valence-corrected chi connectivity index (χ4v) is 8.38. The normalized spacial score (nSPS) is 27.4. The van der Waals surface area contributed by atoms with Crippen molar-refractivity contribution in [3.05, 3.63) is 23.3 Å². The first-order chi connectivity index (χ1) is 15.3. The second-order valence-corrected chi connectivity index (χ2v) is 14.7. The fourth-order valence-electron chi connectivity index (χ4n) is 6.80. The van der Waals surface area contributed by atoms with E-state index in [0.717, 1.165) is 18.4 Å². The Balaban J connectivity index is 2.24. The van der Waals surface area contributed by atoms with Crippen LogP contribution in [0.1, 0.15) is 104 Å². The van der Waals surface area contributed by atoms with Crippen LogP contribution in [0.3, 0.4) is 0 Å². The van der Waals surface area contributed by atoms with Crippen molar-refractivity contribution in [3.8, 4) is 0 Å². The molecule has 0 N–H and O–H groups in total. The number of benzene rings is 1. The number of hydrogen-bond acceptors (Lipinski definition) is 6. The van der Waals surface area contributed by atoms with Gasteiger partial charge in [-0.25, -0.2) is 0 Å². The number of rotatable bonds is 4. The van der Waals surface area contributed by atoms with E-state index in [-0.39, 0.29) is 43.8 Å². The first-order valence-corrected chi connectivity index (χ1v) is 14.3. The van der Waals surface area contributed by atoms with Gasteiger partial charge in [-0.2, -0.15) is 0 Å². The van der Waals surface area contributed by atoms with Crippen molar-refractivity contribution in [2.45, 2.75) is 125 Å². The zero-order valence-corrected chi connectivity index (χ0v) is 24.1. The molecule has 2 aliphatic heterocycles. The molecule has 0 bridgehead atoms. The Labute approximate surface area is 211 Å². The first kappa shape index (κ1) is 27.9. The van der Waals surface area contributed by atoms with Gasteiger partial charge in [0.05, 0.1) is 0 Å². The van der Waals surface area contributed by atoms with Gasteiger partial charge in [-0.3, -0.25) is 18.2 Å². The van der Waals surface area contributed by atoms with Crippen LogP contribution in [0.2, 0.25) is 0 Å². The number of piperidine rings is 2. The predicted molar refractivity (Wildman–Crippen MR) is 137 cm³/mol. The molecular weight excluding hydrogens is 468 g/mol. The minimum atomic E-state index is -2.55. The van der Waals surface area contributed by atoms with E-state index in [9.17, 15) is 17.5 Å². The molecule has 8 heteroatoms. The molecule has 0 saturated carbocycles. The van der Waals surface area contributed by atoms with E-state index in [2.05, 4.69) is 79.3 Å². The molecule has 2 saturated heterocycles. The van der Waals surface area contributed by atoms with Crippen LogP contribution in [0.25, 0.3) is 0 Å². The van der Waals surface area contributed by atoms with Crippen LogP contribution >= 0.6 is 0 Å². The second-order valence-electron chi connectivity index (χ2n) is 12.9. The number of hydrogen-bond donors (Lipinski definition) is 0. The lowest BCUT2D eigenvalue weighted by Crippen LogP contribution is -2.58. The minimum Gasteiger partial charge on any atom is -0.768 e. The maximum atomic E-state index is 12.9. The summed E-state index contributed by atoms with van der Waals surface area (Å²) in [7, 11) is 4.22. The summed E-state index contributed by atoms with van der Waals surface area (Å²) in [4.78, 5) is 5.03. The van der Waals surface area contributed by atoms with Gasteiger partial charge in [0, 0.05) is 31.9 Å². The molecule has 0 radical (unpaired) electrons. The highest BCUT2D eigenvalue weighted by molar-refractivity contribution is 7.80. The SMILES string of the molecule is CN1C(C)(C)CC(c2ccc(S(=O)[O-])c(C3CC(C)(C)N(C)C(C)(C)C3)c2S(=O)[O-])CC1(C)C. The van der Waals surface area contributed by atoms with Crippen molar-refractivity contribution in [2.24, 2.45) is 0 Å². The molecule has 2 unspecified atom stereocenters. The molecule has 0 amide bonds. The highest BCUT2D eigenvalue weighted by Gasteiger charge is 2.47. The average Bonchev–Trinajstić information content (AvgIpc) is 2.67. The zero-order chi connectivity index (χ0) is 26.0. The Hall–Kier alpha value is -0.640. The van der Waals surface area contributed by atoms with Gasteiger partial charge in [0.1, 0.15) is 0 Å². The maximum Gasteiger partial charge on any atom is 0.0330 e. The van der Waals surface area contributed by atoms with Gasteiger partial charge in [0.25, 0.3) is 0 Å². The van der Waals surface area contributed by atoms with E-state index >= 15 is 0 Å². The van der Waals surface area contributed by atoms with Crippen molar-refractivity contribution in [1.82, 2.24) is 9.80 Å². The molecule has 2 atom stereocenters. The van der Waals surface area contributed by atoms with E-state index in [0.29, 0.717) is 18.4 Å². The summed E-state index contributed by atoms with van der Waals surface area (Å²) in [6.07, 6.45) is 2.99. The molecule has 1 aromatic rings. The van der Waals surface area contributed by atoms with Crippen LogP contribution in [0.15, 0.2) is 21.9 Å². The Morgan fingerprint density at radius 3 is 1.44 bits per heavy atom. The quantitative estimate of drug-likeness (QED) is 0.536. The Morgan fingerprint density at radius 2 is 1.09 bits per heavy atom. The largest absolute Gasteiger partial charge is 0.768 e. The van der Waals surface area contributed by atoms with E-state index in [4.69, 9.17) is 0 Å². The predicted octanol–water partition coefficient (Wildman–Crippen LogP) is 4.90. The summed E-state index contributed by atoms with van der Waals surface area (Å²) >= 11 is -5.07. The third-order valence-corrected chi connectivity index (χ3v) is 10.5. The lowest BCUT2D eigenvalue weighted by molar-refractivity contribution is -0.0149. The van der Waals surface area contributed by atoms with E-state index < -0.39 is 22.2 Å². The van der Waals surface area contributed by atoms with Crippen LogP contribution in [0.5, 0.6) is 0 Å². The third kappa shape index (κ3) is 4.96. The van der Waals surface area contributed by atoms with Crippen LogP contribution < -0.4 is 0 Å². The molecule has 0 spiro atoms. The molecule has 2 aliphatic rings. The summed E-state index contributed by atoms with van der Waals surface area (Å²) in [5.41, 5.74) is 0.605. The number of nitrogens with zero attached hydrogens (tertiary/aromatic N) is 2. The third-order valence-electron chi connectivity index (χ3n) is 9.00. The van der Waals surface area contributed by atoms with Gasteiger partial charge in [-0.1, -0.05) is 6.07 Å². The van der Waals surface area contributed by atoms with Crippen molar-refractivity contribution >= 4 is 22.2 Å². The Kier molecular flexibility index (Phi) is 7.42. The minimum absolute atomic E-state index is 0.0225. The summed E-state index contributed by atoms with van der Waals surface area (Å²) in [6, 6.07) is 3.40. The smallest absolute Gasteiger partial charge is 0.0330 e. The standard InChI is InChI=1S/C26H44N2O4S2/c1-23(2)13-17(14-24(3,4)27(23)9)19-11-12-20(33(29)30)21(22(19)34(31)32)18-15-25(5,6)28(10)26(7,8)16-18/h11-12,17-18H,13-16H2,1-10H3,(H,29,30)(H,31,32)/p-2. The van der Waals surface area contributed by atoms with Crippen LogP contribution in [0.4, 0.5) is 0 Å². The highest BCUT2D eigenvalue weighted by atomic mass is 32.2. The highest BCUT2D eigenvalue weighted by Crippen LogP contribution is 2.51. The molecule has 1 aromatic carbocycles. The summed E-state index contributed by atoms with van der Waals surface area (Å²) in [5.74, 6) is -0.150. The van der Waals surface area contributed by atoms with Crippen molar-refractivity contribution in [3.63, 3.8) is 0 Å². The molecule has 34 heavy (non-hydrogen) atoms. The molecular formula is C26H42N2O4S2-2. The van der Waals surface area contributed by atoms with Crippen LogP contribution in [-0.4, -0.2) is 63.6 Å². The van der Waals surface area contributed by atoms with Gasteiger partial charge in [-0.15, -0.1) is 0 Å². The molecule has 0 aliphatic carbocycles. The van der Waals surface area contributed by atoms with E-state index in [1.54, 1.807) is 12.1 Å². The lowest BCUT2D eigenvalue weighted by Gasteiger charge is -2.55. The molecule has 2 fully saturated rings. The van der Waals surface area contributed by atoms with Crippen molar-refractivity contribution in [2.75, 3.05) is 14.1 Å². The van der Waals surface area contributed by atoms with E-state index in [1.165, 1.54) is 0 Å². The topological polar surface area (TPSA) is 86.7 Å².